The molecule has 0 radical (unpaired) electrons. The molecular weight excluding hydrogens is 275 g/mol. The van der Waals surface area contributed by atoms with Crippen LogP contribution in [0.3, 0.4) is 0 Å². The third kappa shape index (κ3) is 3.10. The van der Waals surface area contributed by atoms with Crippen LogP contribution in [0.1, 0.15) is 30.0 Å². The Bertz CT molecular complexity index is 610. The first-order valence-electron chi connectivity index (χ1n) is 6.98. The molecular formula is C17H16F3N. The van der Waals surface area contributed by atoms with Crippen LogP contribution in [0.25, 0.3) is 11.1 Å². The zero-order valence-corrected chi connectivity index (χ0v) is 11.4. The van der Waals surface area contributed by atoms with Gasteiger partial charge in [-0.1, -0.05) is 36.4 Å². The third-order valence-corrected chi connectivity index (χ3v) is 3.97. The van der Waals surface area contributed by atoms with Gasteiger partial charge in [-0.25, -0.2) is 0 Å². The minimum atomic E-state index is -4.29. The number of alkyl halides is 3. The van der Waals surface area contributed by atoms with Gasteiger partial charge in [-0.2, -0.15) is 13.2 Å². The largest absolute Gasteiger partial charge is 0.416 e. The van der Waals surface area contributed by atoms with Gasteiger partial charge in [0.15, 0.2) is 0 Å². The molecule has 4 heteroatoms. The molecule has 1 aliphatic rings. The van der Waals surface area contributed by atoms with Crippen molar-refractivity contribution < 1.29 is 13.2 Å². The Kier molecular flexibility index (Phi) is 3.49. The van der Waals surface area contributed by atoms with Crippen molar-refractivity contribution in [2.24, 2.45) is 11.7 Å². The lowest BCUT2D eigenvalue weighted by atomic mass is 9.98. The van der Waals surface area contributed by atoms with Crippen LogP contribution >= 0.6 is 0 Å². The monoisotopic (exact) mass is 291 g/mol. The third-order valence-electron chi connectivity index (χ3n) is 3.97. The molecule has 0 unspecified atom stereocenters. The fraction of sp³-hybridized carbons (Fsp3) is 0.294. The predicted molar refractivity (Wildman–Crippen MR) is 76.5 cm³/mol. The zero-order valence-electron chi connectivity index (χ0n) is 11.4. The molecule has 0 spiro atoms. The lowest BCUT2D eigenvalue weighted by Gasteiger charge is -2.12. The van der Waals surface area contributed by atoms with E-state index in [1.54, 1.807) is 0 Å². The van der Waals surface area contributed by atoms with Gasteiger partial charge < -0.3 is 5.73 Å². The van der Waals surface area contributed by atoms with E-state index in [0.717, 1.165) is 28.8 Å². The highest BCUT2D eigenvalue weighted by Crippen LogP contribution is 2.39. The van der Waals surface area contributed by atoms with Crippen molar-refractivity contribution >= 4 is 0 Å². The van der Waals surface area contributed by atoms with Crippen molar-refractivity contribution in [1.82, 2.24) is 0 Å². The lowest BCUT2D eigenvalue weighted by Crippen LogP contribution is -2.11. The summed E-state index contributed by atoms with van der Waals surface area (Å²) >= 11 is 0. The lowest BCUT2D eigenvalue weighted by molar-refractivity contribution is -0.137. The molecule has 2 aromatic rings. The number of hydrogen-bond acceptors (Lipinski definition) is 1. The summed E-state index contributed by atoms with van der Waals surface area (Å²) in [6.45, 7) is 0. The van der Waals surface area contributed by atoms with Gasteiger partial charge in [0, 0.05) is 6.04 Å². The molecule has 1 aliphatic carbocycles. The van der Waals surface area contributed by atoms with Gasteiger partial charge >= 0.3 is 6.18 Å². The molecule has 21 heavy (non-hydrogen) atoms. The van der Waals surface area contributed by atoms with Crippen LogP contribution in [-0.2, 0) is 6.18 Å². The molecule has 1 fully saturated rings. The van der Waals surface area contributed by atoms with Crippen LogP contribution in [0.4, 0.5) is 13.2 Å². The second-order valence-corrected chi connectivity index (χ2v) is 5.56. The number of benzene rings is 2. The Hall–Kier alpha value is -1.81. The fourth-order valence-corrected chi connectivity index (χ4v) is 2.48. The molecule has 2 aromatic carbocycles. The van der Waals surface area contributed by atoms with Gasteiger partial charge in [0.1, 0.15) is 0 Å². The Morgan fingerprint density at radius 3 is 1.76 bits per heavy atom. The van der Waals surface area contributed by atoms with Crippen LogP contribution in [-0.4, -0.2) is 0 Å². The second kappa shape index (κ2) is 5.19. The molecule has 1 saturated carbocycles. The van der Waals surface area contributed by atoms with Gasteiger partial charge in [0.25, 0.3) is 0 Å². The Morgan fingerprint density at radius 2 is 1.33 bits per heavy atom. The first kappa shape index (κ1) is 14.1. The van der Waals surface area contributed by atoms with E-state index < -0.39 is 11.7 Å². The van der Waals surface area contributed by atoms with Crippen LogP contribution in [0.2, 0.25) is 0 Å². The molecule has 2 N–H and O–H groups in total. The van der Waals surface area contributed by atoms with Gasteiger partial charge in [0.2, 0.25) is 0 Å². The minimum absolute atomic E-state index is 0.0756. The first-order chi connectivity index (χ1) is 9.95. The quantitative estimate of drug-likeness (QED) is 0.865. The maximum atomic E-state index is 12.5. The molecule has 3 rings (SSSR count). The Balaban J connectivity index is 1.80. The summed E-state index contributed by atoms with van der Waals surface area (Å²) in [7, 11) is 0. The van der Waals surface area contributed by atoms with Gasteiger partial charge in [-0.15, -0.1) is 0 Å². The smallest absolute Gasteiger partial charge is 0.324 e. The molecule has 0 aliphatic heterocycles. The van der Waals surface area contributed by atoms with Crippen LogP contribution in [0.15, 0.2) is 48.5 Å². The summed E-state index contributed by atoms with van der Waals surface area (Å²) < 4.78 is 37.6. The molecule has 0 saturated heterocycles. The Morgan fingerprint density at radius 1 is 0.857 bits per heavy atom. The average Bonchev–Trinajstić information content (AvgIpc) is 3.31. The Labute approximate surface area is 121 Å². The van der Waals surface area contributed by atoms with E-state index in [-0.39, 0.29) is 6.04 Å². The van der Waals surface area contributed by atoms with Crippen LogP contribution in [0.5, 0.6) is 0 Å². The molecule has 0 amide bonds. The van der Waals surface area contributed by atoms with Crippen molar-refractivity contribution in [2.45, 2.75) is 25.1 Å². The number of nitrogens with two attached hydrogens (primary N) is 1. The van der Waals surface area contributed by atoms with Crippen molar-refractivity contribution in [2.75, 3.05) is 0 Å². The molecule has 0 aromatic heterocycles. The van der Waals surface area contributed by atoms with Crippen molar-refractivity contribution in [3.63, 3.8) is 0 Å². The zero-order chi connectivity index (χ0) is 15.0. The van der Waals surface area contributed by atoms with E-state index in [9.17, 15) is 13.2 Å². The number of hydrogen-bond donors (Lipinski definition) is 1. The highest BCUT2D eigenvalue weighted by atomic mass is 19.4. The maximum Gasteiger partial charge on any atom is 0.416 e. The standard InChI is InChI=1S/C17H16F3N/c18-17(19,20)15-9-7-12(8-10-15)11-1-3-13(4-2-11)16(21)14-5-6-14/h1-4,7-10,14,16H,5-6,21H2/t16-/m1/s1. The molecule has 110 valence electrons. The summed E-state index contributed by atoms with van der Waals surface area (Å²) in [4.78, 5) is 0. The SMILES string of the molecule is N[C@H](c1ccc(-c2ccc(C(F)(F)F)cc2)cc1)C1CC1. The number of rotatable bonds is 3. The highest BCUT2D eigenvalue weighted by molar-refractivity contribution is 5.64. The van der Waals surface area contributed by atoms with Crippen molar-refractivity contribution in [3.05, 3.63) is 59.7 Å². The van der Waals surface area contributed by atoms with Gasteiger partial charge in [0.05, 0.1) is 5.56 Å². The number of halogens is 3. The second-order valence-electron chi connectivity index (χ2n) is 5.56. The maximum absolute atomic E-state index is 12.5. The van der Waals surface area contributed by atoms with E-state index >= 15 is 0 Å². The summed E-state index contributed by atoms with van der Waals surface area (Å²) in [5.74, 6) is 0.585. The summed E-state index contributed by atoms with van der Waals surface area (Å²) in [5.41, 5.74) is 8.27. The van der Waals surface area contributed by atoms with Crippen LogP contribution in [0, 0.1) is 5.92 Å². The summed E-state index contributed by atoms with van der Waals surface area (Å²) in [5, 5.41) is 0. The van der Waals surface area contributed by atoms with E-state index in [4.69, 9.17) is 5.73 Å². The van der Waals surface area contributed by atoms with E-state index in [1.807, 2.05) is 24.3 Å². The van der Waals surface area contributed by atoms with Gasteiger partial charge in [-0.3, -0.25) is 0 Å². The molecule has 1 nitrogen and oxygen atoms in total. The van der Waals surface area contributed by atoms with Gasteiger partial charge in [-0.05, 0) is 47.6 Å². The van der Waals surface area contributed by atoms with Crippen LogP contribution < -0.4 is 5.73 Å². The fourth-order valence-electron chi connectivity index (χ4n) is 2.48. The molecule has 1 atom stereocenters. The van der Waals surface area contributed by atoms with E-state index in [0.29, 0.717) is 5.92 Å². The average molecular weight is 291 g/mol. The topological polar surface area (TPSA) is 26.0 Å². The minimum Gasteiger partial charge on any atom is -0.324 e. The predicted octanol–water partition coefficient (Wildman–Crippen LogP) is 4.78. The van der Waals surface area contributed by atoms with E-state index in [1.165, 1.54) is 25.0 Å². The summed E-state index contributed by atoms with van der Waals surface area (Å²) in [6, 6.07) is 13.1. The first-order valence-corrected chi connectivity index (χ1v) is 6.98. The summed E-state index contributed by atoms with van der Waals surface area (Å²) in [6.07, 6.45) is -1.93. The molecule has 0 bridgehead atoms. The van der Waals surface area contributed by atoms with Crippen molar-refractivity contribution in [3.8, 4) is 11.1 Å². The highest BCUT2D eigenvalue weighted by Gasteiger charge is 2.30. The van der Waals surface area contributed by atoms with Crippen molar-refractivity contribution in [1.29, 1.82) is 0 Å². The van der Waals surface area contributed by atoms with E-state index in [2.05, 4.69) is 0 Å². The molecule has 0 heterocycles. The normalized spacial score (nSPS) is 16.8.